The van der Waals surface area contributed by atoms with Crippen molar-refractivity contribution in [3.05, 3.63) is 70.4 Å². The Morgan fingerprint density at radius 2 is 1.89 bits per heavy atom. The molecule has 36 heavy (non-hydrogen) atoms. The Labute approximate surface area is 214 Å². The molecule has 5 rings (SSSR count). The van der Waals surface area contributed by atoms with Crippen LogP contribution >= 0.6 is 11.6 Å². The second-order valence-corrected chi connectivity index (χ2v) is 10.1. The number of nitrogens with one attached hydrogen (secondary N) is 1. The molecule has 1 aromatic heterocycles. The van der Waals surface area contributed by atoms with E-state index in [1.807, 2.05) is 43.3 Å². The fourth-order valence-corrected chi connectivity index (χ4v) is 5.32. The van der Waals surface area contributed by atoms with Crippen LogP contribution in [0.15, 0.2) is 48.7 Å². The van der Waals surface area contributed by atoms with E-state index in [0.717, 1.165) is 23.0 Å². The SMILES string of the molecule is CN(C)CCNC(=O)Cn1cc(C(=O)N2CCC3(CC2)OC(=O)c2ccccc23)c2ccc(Cl)cc21. The topological polar surface area (TPSA) is 83.9 Å². The van der Waals surface area contributed by atoms with Crippen molar-refractivity contribution in [2.45, 2.75) is 25.0 Å². The lowest BCUT2D eigenvalue weighted by Crippen LogP contribution is -2.45. The van der Waals surface area contributed by atoms with Gasteiger partial charge in [-0.05, 0) is 32.3 Å². The molecule has 2 aliphatic heterocycles. The molecule has 1 saturated heterocycles. The van der Waals surface area contributed by atoms with E-state index in [1.165, 1.54) is 0 Å². The third-order valence-electron chi connectivity index (χ3n) is 7.05. The van der Waals surface area contributed by atoms with Crippen molar-refractivity contribution in [3.8, 4) is 0 Å². The highest BCUT2D eigenvalue weighted by molar-refractivity contribution is 6.31. The molecule has 0 bridgehead atoms. The van der Waals surface area contributed by atoms with Crippen LogP contribution in [0.1, 0.15) is 39.1 Å². The molecule has 0 atom stereocenters. The number of fused-ring (bicyclic) bond motifs is 3. The van der Waals surface area contributed by atoms with Gasteiger partial charge in [0.2, 0.25) is 5.91 Å². The summed E-state index contributed by atoms with van der Waals surface area (Å²) in [6.45, 7) is 2.30. The highest BCUT2D eigenvalue weighted by Crippen LogP contribution is 2.44. The summed E-state index contributed by atoms with van der Waals surface area (Å²) in [6.07, 6.45) is 2.82. The number of nitrogens with zero attached hydrogens (tertiary/aromatic N) is 3. The Bertz CT molecular complexity index is 1340. The minimum Gasteiger partial charge on any atom is -0.450 e. The molecule has 0 unspecified atom stereocenters. The smallest absolute Gasteiger partial charge is 0.339 e. The maximum atomic E-state index is 13.6. The molecule has 2 amide bonds. The lowest BCUT2D eigenvalue weighted by molar-refractivity contribution is -0.121. The monoisotopic (exact) mass is 508 g/mol. The molecule has 0 aliphatic carbocycles. The van der Waals surface area contributed by atoms with Gasteiger partial charge >= 0.3 is 5.97 Å². The van der Waals surface area contributed by atoms with Gasteiger partial charge in [-0.25, -0.2) is 4.79 Å². The highest BCUT2D eigenvalue weighted by Gasteiger charge is 2.47. The Hall–Kier alpha value is -3.36. The van der Waals surface area contributed by atoms with Crippen molar-refractivity contribution in [2.75, 3.05) is 40.3 Å². The molecule has 1 fully saturated rings. The molecule has 3 aromatic rings. The van der Waals surface area contributed by atoms with Crippen LogP contribution in [-0.2, 0) is 21.7 Å². The van der Waals surface area contributed by atoms with Gasteiger partial charge < -0.3 is 24.4 Å². The van der Waals surface area contributed by atoms with E-state index >= 15 is 0 Å². The second kappa shape index (κ2) is 9.59. The minimum absolute atomic E-state index is 0.0907. The van der Waals surface area contributed by atoms with Crippen molar-refractivity contribution in [3.63, 3.8) is 0 Å². The van der Waals surface area contributed by atoms with Crippen molar-refractivity contribution >= 4 is 40.3 Å². The van der Waals surface area contributed by atoms with E-state index in [4.69, 9.17) is 16.3 Å². The normalized spacial score (nSPS) is 16.4. The molecule has 0 radical (unpaired) electrons. The van der Waals surface area contributed by atoms with Gasteiger partial charge in [-0.1, -0.05) is 35.9 Å². The van der Waals surface area contributed by atoms with Gasteiger partial charge in [-0.3, -0.25) is 9.59 Å². The number of aromatic nitrogens is 1. The van der Waals surface area contributed by atoms with Crippen LogP contribution in [0, 0.1) is 0 Å². The van der Waals surface area contributed by atoms with Gasteiger partial charge in [0, 0.05) is 61.2 Å². The third-order valence-corrected chi connectivity index (χ3v) is 7.29. The van der Waals surface area contributed by atoms with Crippen LogP contribution in [0.2, 0.25) is 5.02 Å². The lowest BCUT2D eigenvalue weighted by atomic mass is 9.83. The Morgan fingerprint density at radius 3 is 2.64 bits per heavy atom. The average molecular weight is 509 g/mol. The number of carbonyl (C=O) groups excluding carboxylic acids is 3. The standard InChI is InChI=1S/C27H29ClN4O4/c1-30(2)14-11-29-24(33)17-32-16-21(19-8-7-18(28)15-23(19)32)25(34)31-12-9-27(10-13-31)22-6-4-3-5-20(22)26(35)36-27/h3-8,15-16H,9-14,17H2,1-2H3,(H,29,33). The van der Waals surface area contributed by atoms with Crippen LogP contribution in [-0.4, -0.2) is 72.4 Å². The fraction of sp³-hybridized carbons (Fsp3) is 0.370. The van der Waals surface area contributed by atoms with Crippen LogP contribution in [0.3, 0.4) is 0 Å². The molecule has 0 saturated carbocycles. The summed E-state index contributed by atoms with van der Waals surface area (Å²) in [5.41, 5.74) is 2.12. The number of hydrogen-bond donors (Lipinski definition) is 1. The van der Waals surface area contributed by atoms with Crippen LogP contribution in [0.25, 0.3) is 10.9 Å². The average Bonchev–Trinajstić information content (AvgIpc) is 3.34. The van der Waals surface area contributed by atoms with E-state index < -0.39 is 5.60 Å². The second-order valence-electron chi connectivity index (χ2n) is 9.71. The Balaban J connectivity index is 1.34. The number of halogens is 1. The first kappa shape index (κ1) is 24.3. The summed E-state index contributed by atoms with van der Waals surface area (Å²) in [4.78, 5) is 42.4. The van der Waals surface area contributed by atoms with Crippen molar-refractivity contribution in [1.82, 2.24) is 19.7 Å². The van der Waals surface area contributed by atoms with Gasteiger partial charge in [-0.2, -0.15) is 0 Å². The largest absolute Gasteiger partial charge is 0.450 e. The molecule has 1 spiro atoms. The number of amides is 2. The van der Waals surface area contributed by atoms with E-state index in [1.54, 1.807) is 33.9 Å². The quantitative estimate of drug-likeness (QED) is 0.517. The maximum Gasteiger partial charge on any atom is 0.339 e. The van der Waals surface area contributed by atoms with Crippen molar-refractivity contribution in [2.24, 2.45) is 0 Å². The minimum atomic E-state index is -0.670. The zero-order valence-electron chi connectivity index (χ0n) is 20.4. The lowest BCUT2D eigenvalue weighted by Gasteiger charge is -2.38. The molecular weight excluding hydrogens is 480 g/mol. The number of hydrogen-bond acceptors (Lipinski definition) is 5. The summed E-state index contributed by atoms with van der Waals surface area (Å²) < 4.78 is 7.61. The summed E-state index contributed by atoms with van der Waals surface area (Å²) in [5.74, 6) is -0.537. The summed E-state index contributed by atoms with van der Waals surface area (Å²) >= 11 is 6.25. The molecule has 2 aromatic carbocycles. The van der Waals surface area contributed by atoms with E-state index in [9.17, 15) is 14.4 Å². The highest BCUT2D eigenvalue weighted by atomic mass is 35.5. The van der Waals surface area contributed by atoms with E-state index in [-0.39, 0.29) is 24.3 Å². The molecule has 188 valence electrons. The van der Waals surface area contributed by atoms with Crippen molar-refractivity contribution in [1.29, 1.82) is 0 Å². The zero-order valence-corrected chi connectivity index (χ0v) is 21.2. The summed E-state index contributed by atoms with van der Waals surface area (Å²) in [6, 6.07) is 12.8. The molecule has 9 heteroatoms. The first-order valence-corrected chi connectivity index (χ1v) is 12.5. The Morgan fingerprint density at radius 1 is 1.14 bits per heavy atom. The summed E-state index contributed by atoms with van der Waals surface area (Å²) in [5, 5.41) is 4.20. The number of rotatable bonds is 6. The molecule has 8 nitrogen and oxygen atoms in total. The number of likely N-dealkylation sites (N-methyl/N-ethyl adjacent to an activating group) is 1. The first-order valence-electron chi connectivity index (χ1n) is 12.1. The maximum absolute atomic E-state index is 13.6. The summed E-state index contributed by atoms with van der Waals surface area (Å²) in [7, 11) is 3.90. The van der Waals surface area contributed by atoms with Gasteiger partial charge in [0.1, 0.15) is 12.1 Å². The zero-order chi connectivity index (χ0) is 25.4. The predicted molar refractivity (Wildman–Crippen MR) is 137 cm³/mol. The number of ether oxygens (including phenoxy) is 1. The van der Waals surface area contributed by atoms with Crippen LogP contribution in [0.5, 0.6) is 0 Å². The third kappa shape index (κ3) is 4.47. The first-order chi connectivity index (χ1) is 17.3. The number of likely N-dealkylation sites (tertiary alicyclic amines) is 1. The van der Waals surface area contributed by atoms with E-state index in [0.29, 0.717) is 48.6 Å². The number of piperidine rings is 1. The van der Waals surface area contributed by atoms with Gasteiger partial charge in [0.05, 0.1) is 16.6 Å². The molecule has 2 aliphatic rings. The number of esters is 1. The Kier molecular flexibility index (Phi) is 6.49. The molecule has 1 N–H and O–H groups in total. The van der Waals surface area contributed by atoms with Gasteiger partial charge in [-0.15, -0.1) is 0 Å². The molecular formula is C27H29ClN4O4. The van der Waals surface area contributed by atoms with Crippen molar-refractivity contribution < 1.29 is 19.1 Å². The predicted octanol–water partition coefficient (Wildman–Crippen LogP) is 3.27. The fourth-order valence-electron chi connectivity index (χ4n) is 5.15. The van der Waals surface area contributed by atoms with Crippen LogP contribution in [0.4, 0.5) is 0 Å². The van der Waals surface area contributed by atoms with Crippen LogP contribution < -0.4 is 5.32 Å². The van der Waals surface area contributed by atoms with E-state index in [2.05, 4.69) is 5.32 Å². The molecule has 3 heterocycles. The number of benzene rings is 2. The van der Waals surface area contributed by atoms with Gasteiger partial charge in [0.25, 0.3) is 5.91 Å². The van der Waals surface area contributed by atoms with Gasteiger partial charge in [0.15, 0.2) is 0 Å². The number of carbonyl (C=O) groups is 3.